The average molecular weight is 177 g/mol. The van der Waals surface area contributed by atoms with Gasteiger partial charge in [-0.25, -0.2) is 0 Å². The highest BCUT2D eigenvalue weighted by atomic mass is 16.3. The van der Waals surface area contributed by atoms with Gasteiger partial charge in [-0.2, -0.15) is 0 Å². The van der Waals surface area contributed by atoms with Gasteiger partial charge in [0, 0.05) is 6.42 Å². The van der Waals surface area contributed by atoms with Gasteiger partial charge in [0.15, 0.2) is 0 Å². The third-order valence-corrected chi connectivity index (χ3v) is 1.91. The Labute approximate surface area is 79.3 Å². The maximum absolute atomic E-state index is 5.31. The van der Waals surface area contributed by atoms with E-state index < -0.39 is 0 Å². The van der Waals surface area contributed by atoms with Crippen molar-refractivity contribution in [1.82, 2.24) is 5.32 Å². The van der Waals surface area contributed by atoms with Crippen molar-refractivity contribution in [1.29, 1.82) is 0 Å². The molecule has 0 aliphatic heterocycles. The van der Waals surface area contributed by atoms with E-state index in [1.54, 1.807) is 6.26 Å². The first-order valence-corrected chi connectivity index (χ1v) is 4.58. The third-order valence-electron chi connectivity index (χ3n) is 1.91. The van der Waals surface area contributed by atoms with Crippen LogP contribution in [0, 0.1) is 12.3 Å². The van der Waals surface area contributed by atoms with E-state index in [1.165, 1.54) is 0 Å². The molecule has 0 bridgehead atoms. The average Bonchev–Trinajstić information content (AvgIpc) is 2.65. The zero-order chi connectivity index (χ0) is 9.52. The Hall–Kier alpha value is -1.20. The van der Waals surface area contributed by atoms with Gasteiger partial charge in [-0.3, -0.25) is 0 Å². The zero-order valence-electron chi connectivity index (χ0n) is 7.92. The van der Waals surface area contributed by atoms with E-state index in [1.807, 2.05) is 12.1 Å². The first-order valence-electron chi connectivity index (χ1n) is 4.58. The van der Waals surface area contributed by atoms with Crippen LogP contribution in [0.5, 0.6) is 0 Å². The summed E-state index contributed by atoms with van der Waals surface area (Å²) in [4.78, 5) is 0. The molecule has 0 spiro atoms. The van der Waals surface area contributed by atoms with Gasteiger partial charge in [-0.1, -0.05) is 6.92 Å². The molecule has 0 aliphatic rings. The van der Waals surface area contributed by atoms with Crippen LogP contribution in [0.3, 0.4) is 0 Å². The molecule has 0 radical (unpaired) electrons. The van der Waals surface area contributed by atoms with Crippen LogP contribution in [0.4, 0.5) is 0 Å². The molecule has 0 aromatic carbocycles. The summed E-state index contributed by atoms with van der Waals surface area (Å²) in [6.45, 7) is 3.00. The summed E-state index contributed by atoms with van der Waals surface area (Å²) in [7, 11) is 0. The molecule has 1 heterocycles. The number of hydrogen-bond donors (Lipinski definition) is 1. The molecule has 70 valence electrons. The van der Waals surface area contributed by atoms with Crippen LogP contribution in [0.15, 0.2) is 22.8 Å². The molecule has 0 fully saturated rings. The standard InChI is InChI=1S/C11H15NO/c1-3-5-7-10(12-4-2)11-8-6-9-13-11/h1,6,8-10,12H,4-5,7H2,2H3. The lowest BCUT2D eigenvalue weighted by atomic mass is 10.1. The lowest BCUT2D eigenvalue weighted by molar-refractivity contribution is 0.404. The lowest BCUT2D eigenvalue weighted by Crippen LogP contribution is -2.20. The van der Waals surface area contributed by atoms with Crippen molar-refractivity contribution < 1.29 is 4.42 Å². The Morgan fingerprint density at radius 2 is 2.54 bits per heavy atom. The largest absolute Gasteiger partial charge is 0.468 e. The van der Waals surface area contributed by atoms with Gasteiger partial charge in [-0.05, 0) is 25.1 Å². The van der Waals surface area contributed by atoms with Crippen molar-refractivity contribution in [3.8, 4) is 12.3 Å². The highest BCUT2D eigenvalue weighted by Gasteiger charge is 2.11. The Kier molecular flexibility index (Phi) is 4.14. The second kappa shape index (κ2) is 5.45. The quantitative estimate of drug-likeness (QED) is 0.698. The Balaban J connectivity index is 2.53. The van der Waals surface area contributed by atoms with Gasteiger partial charge in [0.25, 0.3) is 0 Å². The predicted octanol–water partition coefficient (Wildman–Crippen LogP) is 2.34. The highest BCUT2D eigenvalue weighted by Crippen LogP contribution is 2.18. The fourth-order valence-corrected chi connectivity index (χ4v) is 1.31. The van der Waals surface area contributed by atoms with Gasteiger partial charge < -0.3 is 9.73 Å². The summed E-state index contributed by atoms with van der Waals surface area (Å²) in [5.74, 6) is 3.61. The second-order valence-corrected chi connectivity index (χ2v) is 2.87. The Bertz CT molecular complexity index is 258. The number of rotatable bonds is 5. The van der Waals surface area contributed by atoms with Crippen LogP contribution in [-0.2, 0) is 0 Å². The van der Waals surface area contributed by atoms with E-state index in [0.717, 1.165) is 25.1 Å². The molecule has 1 N–H and O–H groups in total. The smallest absolute Gasteiger partial charge is 0.120 e. The number of nitrogens with one attached hydrogen (secondary N) is 1. The van der Waals surface area contributed by atoms with E-state index in [-0.39, 0.29) is 6.04 Å². The van der Waals surface area contributed by atoms with Crippen molar-refractivity contribution in [3.05, 3.63) is 24.2 Å². The molecule has 13 heavy (non-hydrogen) atoms. The van der Waals surface area contributed by atoms with Crippen molar-refractivity contribution >= 4 is 0 Å². The predicted molar refractivity (Wildman–Crippen MR) is 53.2 cm³/mol. The van der Waals surface area contributed by atoms with E-state index >= 15 is 0 Å². The minimum Gasteiger partial charge on any atom is -0.468 e. The molecule has 1 aromatic rings. The SMILES string of the molecule is C#CCCC(NCC)c1ccco1. The van der Waals surface area contributed by atoms with Gasteiger partial charge in [0.05, 0.1) is 12.3 Å². The van der Waals surface area contributed by atoms with Crippen molar-refractivity contribution in [2.24, 2.45) is 0 Å². The summed E-state index contributed by atoms with van der Waals surface area (Å²) in [6.07, 6.45) is 8.61. The lowest BCUT2D eigenvalue weighted by Gasteiger charge is -2.13. The van der Waals surface area contributed by atoms with Crippen LogP contribution in [-0.4, -0.2) is 6.54 Å². The van der Waals surface area contributed by atoms with Crippen LogP contribution in [0.2, 0.25) is 0 Å². The molecular formula is C11H15NO. The summed E-state index contributed by atoms with van der Waals surface area (Å²) in [5, 5.41) is 3.33. The van der Waals surface area contributed by atoms with Crippen LogP contribution < -0.4 is 5.32 Å². The van der Waals surface area contributed by atoms with E-state index in [0.29, 0.717) is 0 Å². The van der Waals surface area contributed by atoms with E-state index in [9.17, 15) is 0 Å². The highest BCUT2D eigenvalue weighted by molar-refractivity contribution is 5.05. The van der Waals surface area contributed by atoms with E-state index in [2.05, 4.69) is 18.2 Å². The van der Waals surface area contributed by atoms with Gasteiger partial charge >= 0.3 is 0 Å². The summed E-state index contributed by atoms with van der Waals surface area (Å²) >= 11 is 0. The normalized spacial score (nSPS) is 12.3. The number of terminal acetylenes is 1. The molecule has 1 aromatic heterocycles. The van der Waals surface area contributed by atoms with Crippen molar-refractivity contribution in [2.75, 3.05) is 6.54 Å². The monoisotopic (exact) mass is 177 g/mol. The topological polar surface area (TPSA) is 25.2 Å². The molecule has 2 heteroatoms. The van der Waals surface area contributed by atoms with E-state index in [4.69, 9.17) is 10.8 Å². The minimum absolute atomic E-state index is 0.260. The maximum Gasteiger partial charge on any atom is 0.120 e. The third kappa shape index (κ3) is 2.96. The second-order valence-electron chi connectivity index (χ2n) is 2.87. The molecule has 0 saturated heterocycles. The Morgan fingerprint density at radius 3 is 3.08 bits per heavy atom. The number of furan rings is 1. The summed E-state index contributed by atoms with van der Waals surface area (Å²) in [5.41, 5.74) is 0. The van der Waals surface area contributed by atoms with Crippen molar-refractivity contribution in [3.63, 3.8) is 0 Å². The molecule has 1 rings (SSSR count). The van der Waals surface area contributed by atoms with Gasteiger partial charge in [-0.15, -0.1) is 12.3 Å². The molecular weight excluding hydrogens is 162 g/mol. The van der Waals surface area contributed by atoms with Gasteiger partial charge in [0.1, 0.15) is 5.76 Å². The molecule has 1 unspecified atom stereocenters. The van der Waals surface area contributed by atoms with Crippen LogP contribution >= 0.6 is 0 Å². The molecule has 2 nitrogen and oxygen atoms in total. The van der Waals surface area contributed by atoms with Crippen molar-refractivity contribution in [2.45, 2.75) is 25.8 Å². The fraction of sp³-hybridized carbons (Fsp3) is 0.455. The number of hydrogen-bond acceptors (Lipinski definition) is 2. The fourth-order valence-electron chi connectivity index (χ4n) is 1.31. The molecule has 0 amide bonds. The maximum atomic E-state index is 5.31. The molecule has 0 saturated carbocycles. The Morgan fingerprint density at radius 1 is 1.69 bits per heavy atom. The summed E-state index contributed by atoms with van der Waals surface area (Å²) in [6, 6.07) is 4.13. The zero-order valence-corrected chi connectivity index (χ0v) is 7.92. The summed E-state index contributed by atoms with van der Waals surface area (Å²) < 4.78 is 5.31. The van der Waals surface area contributed by atoms with Crippen LogP contribution in [0.1, 0.15) is 31.6 Å². The molecule has 0 aliphatic carbocycles. The van der Waals surface area contributed by atoms with Gasteiger partial charge in [0.2, 0.25) is 0 Å². The first kappa shape index (κ1) is 9.88. The molecule has 1 atom stereocenters. The minimum atomic E-state index is 0.260. The van der Waals surface area contributed by atoms with Crippen LogP contribution in [0.25, 0.3) is 0 Å². The first-order chi connectivity index (χ1) is 6.38.